The zero-order valence-electron chi connectivity index (χ0n) is 26.2. The predicted molar refractivity (Wildman–Crippen MR) is 174 cm³/mol. The van der Waals surface area contributed by atoms with Crippen LogP contribution in [-0.2, 0) is 4.74 Å². The van der Waals surface area contributed by atoms with Gasteiger partial charge < -0.3 is 25.2 Å². The second kappa shape index (κ2) is 33.2. The van der Waals surface area contributed by atoms with Crippen LogP contribution in [0.1, 0.15) is 67.7 Å². The number of nitrogens with one attached hydrogen (secondary N) is 2. The second-order valence-electron chi connectivity index (χ2n) is 7.97. The van der Waals surface area contributed by atoms with Gasteiger partial charge >= 0.3 is 7.05 Å². The van der Waals surface area contributed by atoms with Crippen molar-refractivity contribution in [3.05, 3.63) is 97.8 Å². The van der Waals surface area contributed by atoms with Crippen LogP contribution in [0.3, 0.4) is 0 Å². The van der Waals surface area contributed by atoms with E-state index >= 15 is 0 Å². The molecule has 1 atom stereocenters. The Morgan fingerprint density at radius 2 is 1.72 bits per heavy atom. The van der Waals surface area contributed by atoms with Gasteiger partial charge in [-0.3, -0.25) is 4.98 Å². The lowest BCUT2D eigenvalue weighted by atomic mass is 9.75. The summed E-state index contributed by atoms with van der Waals surface area (Å²) < 4.78 is 5.38. The number of unbranched alkanes of at least 4 members (excludes halogenated alkanes) is 1. The molecule has 0 saturated carbocycles. The van der Waals surface area contributed by atoms with Gasteiger partial charge in [0.2, 0.25) is 0 Å². The number of allylic oxidation sites excluding steroid dienone is 3. The fourth-order valence-corrected chi connectivity index (χ4v) is 2.42. The second-order valence-corrected chi connectivity index (χ2v) is 7.97. The van der Waals surface area contributed by atoms with Crippen LogP contribution in [0.15, 0.2) is 97.8 Å². The van der Waals surface area contributed by atoms with Crippen molar-refractivity contribution in [1.82, 2.24) is 20.4 Å². The highest BCUT2D eigenvalue weighted by atomic mass is 16.5. The van der Waals surface area contributed by atoms with Gasteiger partial charge in [0.25, 0.3) is 0 Å². The Hall–Kier alpha value is -2.87. The Bertz CT molecular complexity index is 787. The summed E-state index contributed by atoms with van der Waals surface area (Å²) in [5, 5.41) is 15.8. The maximum Gasteiger partial charge on any atom is 0.413 e. The molecule has 1 unspecified atom stereocenters. The van der Waals surface area contributed by atoms with Gasteiger partial charge in [-0.05, 0) is 62.8 Å². The number of ether oxygens (including phenoxy) is 1. The molecule has 39 heavy (non-hydrogen) atoms. The van der Waals surface area contributed by atoms with Gasteiger partial charge in [0, 0.05) is 45.0 Å². The average molecular weight is 541 g/mol. The molecular formula is C32H57BN4O2. The van der Waals surface area contributed by atoms with Gasteiger partial charge in [-0.1, -0.05) is 90.5 Å². The zero-order valence-corrected chi connectivity index (χ0v) is 26.2. The molecule has 0 aliphatic rings. The molecule has 7 heteroatoms. The fourth-order valence-electron chi connectivity index (χ4n) is 2.42. The van der Waals surface area contributed by atoms with E-state index in [-0.39, 0.29) is 6.10 Å². The molecule has 0 aliphatic heterocycles. The molecule has 0 radical (unpaired) electrons. The lowest BCUT2D eigenvalue weighted by Crippen LogP contribution is -2.44. The van der Waals surface area contributed by atoms with Crippen molar-refractivity contribution in [1.29, 1.82) is 0 Å². The summed E-state index contributed by atoms with van der Waals surface area (Å²) in [6, 6.07) is 11.1. The Morgan fingerprint density at radius 1 is 1.08 bits per heavy atom. The first-order valence-corrected chi connectivity index (χ1v) is 14.2. The standard InChI is InChI=1S/C15H26N2O.C11H15BN2O.C4H10.C2H6/c1-6-8-13-17(4)14(3)9-10-15(18-5)11-12-16-7-2;1-2-14-12(15)11-7-4-3-5-9-13-10-6-8-11;1-3-4-2;1-2/h6,8-9,11-13,15-16H,1,7,10H2,2-5H3;3-10,14-15H,2H2,1H3;3-4H2,1-2H3;1-2H3/b12-11+,13-8-,14-9+;;;. The van der Waals surface area contributed by atoms with Crippen molar-refractivity contribution in [2.45, 2.75) is 73.8 Å². The summed E-state index contributed by atoms with van der Waals surface area (Å²) in [5.41, 5.74) is 2.00. The first kappa shape index (κ1) is 40.6. The lowest BCUT2D eigenvalue weighted by molar-refractivity contribution is 0.143. The average Bonchev–Trinajstić information content (AvgIpc) is 2.97. The van der Waals surface area contributed by atoms with E-state index in [1.165, 1.54) is 18.5 Å². The van der Waals surface area contributed by atoms with E-state index in [1.54, 1.807) is 31.6 Å². The SMILES string of the molecule is C=C/C=C\N(C)/C(C)=C/CC(/C=C/NCC)OC.CC.CCCC.CCNB(O)c1cccccnccc1. The molecule has 0 aromatic carbocycles. The summed E-state index contributed by atoms with van der Waals surface area (Å²) in [7, 11) is 3.11. The van der Waals surface area contributed by atoms with Crippen LogP contribution in [0.4, 0.5) is 0 Å². The Balaban J connectivity index is -0.000000557. The third-order valence-corrected chi connectivity index (χ3v) is 4.94. The number of hydrogen-bond acceptors (Lipinski definition) is 6. The quantitative estimate of drug-likeness (QED) is 0.199. The summed E-state index contributed by atoms with van der Waals surface area (Å²) >= 11 is 0. The molecule has 1 rings (SSSR count). The van der Waals surface area contributed by atoms with Crippen molar-refractivity contribution in [3.8, 4) is 0 Å². The van der Waals surface area contributed by atoms with Gasteiger partial charge in [-0.15, -0.1) is 0 Å². The van der Waals surface area contributed by atoms with Crippen molar-refractivity contribution in [3.63, 3.8) is 0 Å². The molecule has 3 N–H and O–H groups in total. The third-order valence-electron chi connectivity index (χ3n) is 4.94. The largest absolute Gasteiger partial charge is 0.433 e. The molecule has 0 bridgehead atoms. The fraction of sp³-hybridized carbons (Fsp3) is 0.469. The first-order chi connectivity index (χ1) is 18.9. The molecule has 1 aromatic heterocycles. The van der Waals surface area contributed by atoms with E-state index < -0.39 is 7.05 Å². The topological polar surface area (TPSA) is 69.7 Å². The van der Waals surface area contributed by atoms with Crippen LogP contribution >= 0.6 is 0 Å². The van der Waals surface area contributed by atoms with Crippen molar-refractivity contribution < 1.29 is 9.76 Å². The molecule has 0 spiro atoms. The van der Waals surface area contributed by atoms with E-state index in [4.69, 9.17) is 4.74 Å². The van der Waals surface area contributed by atoms with Crippen LogP contribution in [0.5, 0.6) is 0 Å². The number of rotatable bonds is 13. The predicted octanol–water partition coefficient (Wildman–Crippen LogP) is 6.39. The van der Waals surface area contributed by atoms with Crippen LogP contribution < -0.4 is 16.0 Å². The van der Waals surface area contributed by atoms with Crippen molar-refractivity contribution >= 4 is 12.5 Å². The van der Waals surface area contributed by atoms with Gasteiger partial charge in [0.05, 0.1) is 6.10 Å². The minimum absolute atomic E-state index is 0.107. The van der Waals surface area contributed by atoms with E-state index in [9.17, 15) is 5.02 Å². The van der Waals surface area contributed by atoms with Gasteiger partial charge in [-0.25, -0.2) is 0 Å². The molecule has 1 heterocycles. The van der Waals surface area contributed by atoms with Crippen LogP contribution in [0.25, 0.3) is 0 Å². The highest BCUT2D eigenvalue weighted by Crippen LogP contribution is 2.07. The number of nitrogens with zero attached hydrogens (tertiary/aromatic N) is 2. The van der Waals surface area contributed by atoms with E-state index in [1.807, 2.05) is 82.7 Å². The minimum Gasteiger partial charge on any atom is -0.433 e. The molecule has 0 saturated heterocycles. The Morgan fingerprint density at radius 3 is 2.28 bits per heavy atom. The number of hydrogen-bond donors (Lipinski definition) is 3. The summed E-state index contributed by atoms with van der Waals surface area (Å²) in [6.45, 7) is 19.8. The van der Waals surface area contributed by atoms with Gasteiger partial charge in [0.1, 0.15) is 0 Å². The lowest BCUT2D eigenvalue weighted by Gasteiger charge is -2.15. The Kier molecular flexibility index (Phi) is 34.5. The molecule has 0 fully saturated rings. The van der Waals surface area contributed by atoms with Crippen molar-refractivity contribution in [2.24, 2.45) is 0 Å². The van der Waals surface area contributed by atoms with E-state index in [2.05, 4.69) is 60.8 Å². The zero-order chi connectivity index (χ0) is 30.2. The summed E-state index contributed by atoms with van der Waals surface area (Å²) in [4.78, 5) is 6.06. The molecule has 1 aromatic rings. The third kappa shape index (κ3) is 28.0. The molecule has 220 valence electrons. The van der Waals surface area contributed by atoms with Gasteiger partial charge in [0.15, 0.2) is 0 Å². The monoisotopic (exact) mass is 540 g/mol. The normalized spacial score (nSPS) is 11.0. The first-order valence-electron chi connectivity index (χ1n) is 14.2. The summed E-state index contributed by atoms with van der Waals surface area (Å²) in [6.07, 6.45) is 18.8. The number of aromatic nitrogens is 1. The van der Waals surface area contributed by atoms with Crippen LogP contribution in [0, 0.1) is 0 Å². The molecule has 0 aliphatic carbocycles. The van der Waals surface area contributed by atoms with Gasteiger partial charge in [-0.2, -0.15) is 0 Å². The van der Waals surface area contributed by atoms with Crippen LogP contribution in [0.2, 0.25) is 0 Å². The summed E-state index contributed by atoms with van der Waals surface area (Å²) in [5.74, 6) is 0. The smallest absolute Gasteiger partial charge is 0.413 e. The van der Waals surface area contributed by atoms with E-state index in [0.717, 1.165) is 25.0 Å². The number of methoxy groups -OCH3 is 1. The highest BCUT2D eigenvalue weighted by Gasteiger charge is 2.10. The Labute approximate surface area is 241 Å². The van der Waals surface area contributed by atoms with Crippen molar-refractivity contribution in [2.75, 3.05) is 27.2 Å². The minimum atomic E-state index is -0.632. The maximum absolute atomic E-state index is 9.73. The van der Waals surface area contributed by atoms with E-state index in [0.29, 0.717) is 0 Å². The molecular weight excluding hydrogens is 483 g/mol. The maximum atomic E-state index is 9.73. The molecule has 6 nitrogen and oxygen atoms in total. The van der Waals surface area contributed by atoms with Crippen LogP contribution in [-0.4, -0.2) is 55.3 Å². The highest BCUT2D eigenvalue weighted by molar-refractivity contribution is 6.63. The molecule has 0 amide bonds.